The number of hydrogen-bond acceptors (Lipinski definition) is 6. The van der Waals surface area contributed by atoms with E-state index in [1.165, 1.54) is 26.0 Å². The largest absolute Gasteiger partial charge is 0.341 e. The normalized spacial score (nSPS) is 14.8. The maximum absolute atomic E-state index is 15.7. The highest BCUT2D eigenvalue weighted by Crippen LogP contribution is 2.45. The van der Waals surface area contributed by atoms with Gasteiger partial charge in [0.2, 0.25) is 23.3 Å². The van der Waals surface area contributed by atoms with Gasteiger partial charge in [0.15, 0.2) is 0 Å². The molecule has 0 aliphatic carbocycles. The highest BCUT2D eigenvalue weighted by molar-refractivity contribution is 5.71. The topological polar surface area (TPSA) is 112 Å². The highest BCUT2D eigenvalue weighted by atomic mass is 19.1. The Morgan fingerprint density at radius 3 is 1.35 bits per heavy atom. The van der Waals surface area contributed by atoms with E-state index < -0.39 is 77.6 Å². The number of nitrogens with zero attached hydrogens (tertiary/aromatic N) is 4. The second-order valence-electron chi connectivity index (χ2n) is 10.5. The third-order valence-electron chi connectivity index (χ3n) is 7.40. The third kappa shape index (κ3) is 3.81. The van der Waals surface area contributed by atoms with Crippen LogP contribution in [0.4, 0.5) is 28.9 Å². The van der Waals surface area contributed by atoms with Crippen molar-refractivity contribution in [3.8, 4) is 22.5 Å². The van der Waals surface area contributed by atoms with Crippen molar-refractivity contribution in [3.05, 3.63) is 115 Å². The minimum atomic E-state index is -1.91. The fourth-order valence-electron chi connectivity index (χ4n) is 4.99. The number of fused-ring (bicyclic) bond motifs is 10. The molecule has 0 spiro atoms. The number of halogens is 4. The summed E-state index contributed by atoms with van der Waals surface area (Å²) in [5.74, 6) is -6.20. The number of aromatic nitrogens is 2. The molecule has 0 radical (unpaired) electrons. The van der Waals surface area contributed by atoms with Crippen molar-refractivity contribution in [3.63, 3.8) is 0 Å². The quantitative estimate of drug-likeness (QED) is 0.148. The molecule has 4 aromatic rings. The molecule has 8 nitrogen and oxygen atoms in total. The Morgan fingerprint density at radius 2 is 1.00 bits per heavy atom. The lowest BCUT2D eigenvalue weighted by molar-refractivity contribution is -0.390. The van der Waals surface area contributed by atoms with Crippen molar-refractivity contribution in [2.45, 2.75) is 38.5 Å². The lowest BCUT2D eigenvalue weighted by atomic mass is 9.75. The summed E-state index contributed by atoms with van der Waals surface area (Å²) in [5, 5.41) is 23.7. The van der Waals surface area contributed by atoms with E-state index in [4.69, 9.17) is 0 Å². The number of hydrogen-bond donors (Lipinski definition) is 0. The minimum Gasteiger partial charge on any atom is -0.258 e. The molecule has 3 heterocycles. The van der Waals surface area contributed by atoms with Crippen LogP contribution in [0.5, 0.6) is 0 Å². The van der Waals surface area contributed by atoms with Crippen LogP contribution in [0.15, 0.2) is 48.5 Å². The molecule has 0 unspecified atom stereocenters. The molecule has 0 saturated heterocycles. The second kappa shape index (κ2) is 8.90. The van der Waals surface area contributed by atoms with Crippen molar-refractivity contribution >= 4 is 11.4 Å². The molecule has 12 heteroatoms. The lowest BCUT2D eigenvalue weighted by Gasteiger charge is -2.29. The van der Waals surface area contributed by atoms with Gasteiger partial charge in [-0.15, -0.1) is 0 Å². The number of nitro groups is 2. The first-order chi connectivity index (χ1) is 18.7. The summed E-state index contributed by atoms with van der Waals surface area (Å²) in [7, 11) is 0. The lowest BCUT2D eigenvalue weighted by Crippen LogP contribution is -2.25. The molecule has 2 aromatic heterocycles. The van der Waals surface area contributed by atoms with E-state index in [1.54, 1.807) is 38.1 Å². The molecule has 1 aliphatic rings. The van der Waals surface area contributed by atoms with Crippen LogP contribution < -0.4 is 0 Å². The summed E-state index contributed by atoms with van der Waals surface area (Å²) in [6.45, 7) is 5.93. The van der Waals surface area contributed by atoms with Crippen molar-refractivity contribution < 1.29 is 27.4 Å². The zero-order valence-electron chi connectivity index (χ0n) is 21.6. The number of nitro benzene ring substituents is 2. The van der Waals surface area contributed by atoms with Gasteiger partial charge in [-0.05, 0) is 50.2 Å². The Labute approximate surface area is 224 Å². The number of benzene rings is 2. The van der Waals surface area contributed by atoms with Crippen molar-refractivity contribution in [1.82, 2.24) is 9.97 Å². The Kier molecular flexibility index (Phi) is 5.97. The molecular weight excluding hydrogens is 532 g/mol. The monoisotopic (exact) mass is 552 g/mol. The summed E-state index contributed by atoms with van der Waals surface area (Å²) in [4.78, 5) is 30.2. The molecule has 1 aliphatic heterocycles. The van der Waals surface area contributed by atoms with E-state index in [9.17, 15) is 20.2 Å². The molecule has 8 bridgehead atoms. The summed E-state index contributed by atoms with van der Waals surface area (Å²) in [6, 6.07) is 11.0. The van der Waals surface area contributed by atoms with Crippen LogP contribution >= 0.6 is 0 Å². The number of rotatable bonds is 2. The number of pyridine rings is 2. The van der Waals surface area contributed by atoms with Gasteiger partial charge >= 0.3 is 11.4 Å². The molecule has 40 heavy (non-hydrogen) atoms. The van der Waals surface area contributed by atoms with Gasteiger partial charge in [-0.1, -0.05) is 26.0 Å². The average Bonchev–Trinajstić information content (AvgIpc) is 2.88. The summed E-state index contributed by atoms with van der Waals surface area (Å²) in [5.41, 5.74) is -7.32. The Hall–Kier alpha value is -4.74. The van der Waals surface area contributed by atoms with Gasteiger partial charge in [-0.3, -0.25) is 30.2 Å². The molecule has 5 rings (SSSR count). The molecule has 0 saturated carbocycles. The SMILES string of the molecule is CC1(C)c2cccc(n2)-c2cc(c(F)c([N+](=O)[O-])c2F)C(C)(C)c2cc(c(F)c([N+](=O)[O-])c2F)-c2cccc1n2. The first-order valence-electron chi connectivity index (χ1n) is 12.0. The molecular formula is C28H20F4N4O4. The van der Waals surface area contributed by atoms with Crippen LogP contribution in [0.1, 0.15) is 50.2 Å². The van der Waals surface area contributed by atoms with Gasteiger partial charge in [0, 0.05) is 33.1 Å². The van der Waals surface area contributed by atoms with Crippen molar-refractivity contribution in [2.24, 2.45) is 0 Å². The van der Waals surface area contributed by atoms with Gasteiger partial charge in [-0.25, -0.2) is 0 Å². The van der Waals surface area contributed by atoms with Gasteiger partial charge in [-0.2, -0.15) is 17.6 Å². The van der Waals surface area contributed by atoms with Gasteiger partial charge in [0.05, 0.1) is 32.6 Å². The molecule has 204 valence electrons. The minimum absolute atomic E-state index is 0.0670. The molecule has 0 amide bonds. The average molecular weight is 552 g/mol. The van der Waals surface area contributed by atoms with E-state index >= 15 is 17.6 Å². The second-order valence-corrected chi connectivity index (χ2v) is 10.5. The summed E-state index contributed by atoms with van der Waals surface area (Å²) >= 11 is 0. The van der Waals surface area contributed by atoms with Gasteiger partial charge in [0.25, 0.3) is 0 Å². The fraction of sp³-hybridized carbons (Fsp3) is 0.214. The standard InChI is InChI=1S/C28H20F4N4O4/c1-27(2)15-11-13(21(29)25(23(15)31)35(37)38)17-7-5-9-19(33-17)28(3,4)20-10-6-8-18(34-20)14-12-16(27)24(32)26(22(14)30)36(39)40/h5-12H,1-4H3. The maximum Gasteiger partial charge on any atom is 0.341 e. The zero-order chi connectivity index (χ0) is 29.3. The molecule has 0 fully saturated rings. The van der Waals surface area contributed by atoms with E-state index in [0.29, 0.717) is 11.4 Å². The van der Waals surface area contributed by atoms with Crippen molar-refractivity contribution in [2.75, 3.05) is 0 Å². The Balaban J connectivity index is 2.03. The smallest absolute Gasteiger partial charge is 0.258 e. The van der Waals surface area contributed by atoms with E-state index in [1.807, 2.05) is 0 Å². The molecule has 2 aromatic carbocycles. The van der Waals surface area contributed by atoms with E-state index in [2.05, 4.69) is 9.97 Å². The maximum atomic E-state index is 15.7. The van der Waals surface area contributed by atoms with Gasteiger partial charge in [0.1, 0.15) is 0 Å². The van der Waals surface area contributed by atoms with Crippen molar-refractivity contribution in [1.29, 1.82) is 0 Å². The predicted octanol–water partition coefficient (Wildman–Crippen LogP) is 7.15. The van der Waals surface area contributed by atoms with Crippen LogP contribution in [0.25, 0.3) is 22.5 Å². The van der Waals surface area contributed by atoms with Crippen LogP contribution in [0.2, 0.25) is 0 Å². The Bertz CT molecular complexity index is 1650. The molecule has 0 N–H and O–H groups in total. The zero-order valence-corrected chi connectivity index (χ0v) is 21.6. The summed E-state index contributed by atoms with van der Waals surface area (Å²) < 4.78 is 62.6. The molecule has 0 atom stereocenters. The predicted molar refractivity (Wildman–Crippen MR) is 137 cm³/mol. The van der Waals surface area contributed by atoms with Crippen LogP contribution in [0.3, 0.4) is 0 Å². The fourth-order valence-corrected chi connectivity index (χ4v) is 4.99. The van der Waals surface area contributed by atoms with Gasteiger partial charge < -0.3 is 0 Å². The first kappa shape index (κ1) is 26.9. The van der Waals surface area contributed by atoms with Crippen LogP contribution in [0, 0.1) is 43.5 Å². The van der Waals surface area contributed by atoms with Crippen LogP contribution in [-0.4, -0.2) is 19.8 Å². The Morgan fingerprint density at radius 1 is 0.625 bits per heavy atom. The van der Waals surface area contributed by atoms with E-state index in [-0.39, 0.29) is 11.4 Å². The third-order valence-corrected chi connectivity index (χ3v) is 7.40. The first-order valence-corrected chi connectivity index (χ1v) is 12.0. The summed E-state index contributed by atoms with van der Waals surface area (Å²) in [6.07, 6.45) is 0. The highest BCUT2D eigenvalue weighted by Gasteiger charge is 2.41. The van der Waals surface area contributed by atoms with Crippen LogP contribution in [-0.2, 0) is 10.8 Å². The van der Waals surface area contributed by atoms with E-state index in [0.717, 1.165) is 12.1 Å².